The van der Waals surface area contributed by atoms with Crippen molar-refractivity contribution in [3.05, 3.63) is 84.2 Å². The third kappa shape index (κ3) is 27.5. The predicted molar refractivity (Wildman–Crippen MR) is 426 cm³/mol. The number of hydrogen-bond donors (Lipinski definition) is 10. The summed E-state index contributed by atoms with van der Waals surface area (Å²) in [5.74, 6) is -14.4. The zero-order valence-electron chi connectivity index (χ0n) is 68.3. The number of fused-ring (bicyclic) bond motifs is 4. The van der Waals surface area contributed by atoms with Gasteiger partial charge in [-0.3, -0.25) is 81.3 Å². The van der Waals surface area contributed by atoms with Crippen molar-refractivity contribution in [3.8, 4) is 11.5 Å². The lowest BCUT2D eigenvalue weighted by atomic mass is 9.99. The smallest absolute Gasteiger partial charge is 0.484 e. The number of pyridine rings is 2. The van der Waals surface area contributed by atoms with E-state index in [1.165, 1.54) is 63.4 Å². The molecule has 0 saturated carbocycles. The standard InChI is InChI=1S/C76H104N16O27P2/c1-46(2)67-73(105)78-39-52(84-71(103)65-56(93)37-48-17-9-11-19-50(48)82-65)75(107)90-27-15-13-21-54(90)69(101)80-41-61(97)87(6)44-64(100)89(8)68(47(3)4)74(106)79-40-53(76(108)91-28-16-14-22-55(91)70(102)81-42-62(98)86(5)43-63(99)88(67)7)85-72(104)66-57(38-49-18-10-12-20-51(49)83-66)116-45-118-121(111,112)119-120(109,110)117-31-26-77-58(94)25-30-113-33-35-115-36-34-114-32-29-92-59(95)23-24-60(92)96/h9-12,17-20,23-24,37-38,46-47,52-55,67-68,93H,13-16,21-22,25-36,39-45H2,1-8H3,(H,77,94)(H,78,105)(H,79,106)(H,80,101)(H,81,102)(H,84,103)(H,85,104)(H,109,110)(H,111,112)/t52-,53-,54+,55+,67+,68+/m1/s1. The molecule has 2 aromatic heterocycles. The number of phosphoric ester groups is 2. The van der Waals surface area contributed by atoms with Crippen LogP contribution in [0, 0.1) is 11.8 Å². The van der Waals surface area contributed by atoms with Crippen molar-refractivity contribution >= 4 is 126 Å². The fraction of sp³-hybridized carbons (Fsp3) is 0.539. The Morgan fingerprint density at radius 1 is 0.545 bits per heavy atom. The molecule has 43 nitrogen and oxygen atoms in total. The van der Waals surface area contributed by atoms with Crippen LogP contribution in [0.5, 0.6) is 11.5 Å². The lowest BCUT2D eigenvalue weighted by Crippen LogP contribution is -2.61. The number of aromatic nitrogens is 2. The minimum absolute atomic E-state index is 0.000216. The van der Waals surface area contributed by atoms with Gasteiger partial charge >= 0.3 is 15.6 Å². The van der Waals surface area contributed by atoms with Crippen molar-refractivity contribution in [2.45, 2.75) is 109 Å². The first-order valence-electron chi connectivity index (χ1n) is 39.1. The van der Waals surface area contributed by atoms with Crippen LogP contribution in [-0.2, 0) is 99.0 Å². The normalized spacial score (nSPS) is 21.5. The number of nitrogens with one attached hydrogen (secondary N) is 7. The number of amides is 15. The molecule has 2 aromatic carbocycles. The maximum atomic E-state index is 15.3. The summed E-state index contributed by atoms with van der Waals surface area (Å²) >= 11 is 0. The number of para-hydroxylation sites is 2. The van der Waals surface area contributed by atoms with Crippen LogP contribution in [0.15, 0.2) is 72.8 Å². The quantitative estimate of drug-likeness (QED) is 0.0135. The molecule has 0 bridgehead atoms. The number of nitrogens with zero attached hydrogens (tertiary/aromatic N) is 9. The van der Waals surface area contributed by atoms with Gasteiger partial charge in [-0.25, -0.2) is 23.6 Å². The highest BCUT2D eigenvalue weighted by Crippen LogP contribution is 2.60. The molecule has 660 valence electrons. The van der Waals surface area contributed by atoms with Crippen molar-refractivity contribution in [1.29, 1.82) is 0 Å². The number of carbonyl (C=O) groups is 15. The molecule has 0 aliphatic carbocycles. The zero-order chi connectivity index (χ0) is 88.4. The van der Waals surface area contributed by atoms with Crippen molar-refractivity contribution in [3.63, 3.8) is 0 Å². The topological polar surface area (TPSA) is 548 Å². The second-order valence-corrected chi connectivity index (χ2v) is 32.4. The fourth-order valence-electron chi connectivity index (χ4n) is 13.5. The summed E-state index contributed by atoms with van der Waals surface area (Å²) in [5, 5.41) is 29.7. The van der Waals surface area contributed by atoms with Gasteiger partial charge in [0.15, 0.2) is 17.1 Å². The molecule has 6 heterocycles. The van der Waals surface area contributed by atoms with Gasteiger partial charge < -0.3 is 100 Å². The Bertz CT molecular complexity index is 4600. The van der Waals surface area contributed by atoms with Crippen LogP contribution in [0.25, 0.3) is 21.8 Å². The van der Waals surface area contributed by atoms with Crippen LogP contribution in [0.1, 0.15) is 93.6 Å². The van der Waals surface area contributed by atoms with Crippen molar-refractivity contribution < 1.29 is 128 Å². The van der Waals surface area contributed by atoms with E-state index in [-0.39, 0.29) is 90.6 Å². The molecule has 4 aromatic rings. The van der Waals surface area contributed by atoms with Gasteiger partial charge in [0.1, 0.15) is 42.0 Å². The van der Waals surface area contributed by atoms with Crippen LogP contribution >= 0.6 is 15.6 Å². The highest BCUT2D eigenvalue weighted by atomic mass is 31.3. The lowest BCUT2D eigenvalue weighted by Gasteiger charge is -2.37. The molecule has 4 aliphatic rings. The monoisotopic (exact) mass is 1730 g/mol. The molecule has 0 radical (unpaired) electrons. The maximum absolute atomic E-state index is 15.3. The Morgan fingerprint density at radius 2 is 0.992 bits per heavy atom. The summed E-state index contributed by atoms with van der Waals surface area (Å²) in [6.45, 7) is 0.444. The van der Waals surface area contributed by atoms with E-state index in [9.17, 15) is 91.1 Å². The zero-order valence-corrected chi connectivity index (χ0v) is 70.1. The van der Waals surface area contributed by atoms with Crippen LogP contribution in [0.4, 0.5) is 0 Å². The molecule has 4 aliphatic heterocycles. The van der Waals surface area contributed by atoms with Gasteiger partial charge in [0.2, 0.25) is 71.8 Å². The number of rotatable bonds is 28. The van der Waals surface area contributed by atoms with E-state index in [0.717, 1.165) is 29.4 Å². The molecule has 3 saturated heterocycles. The van der Waals surface area contributed by atoms with Crippen LogP contribution in [0.2, 0.25) is 0 Å². The summed E-state index contributed by atoms with van der Waals surface area (Å²) in [6.07, 6.45) is 3.75. The highest BCUT2D eigenvalue weighted by Gasteiger charge is 2.43. The maximum Gasteiger partial charge on any atom is 0.484 e. The first-order valence-corrected chi connectivity index (χ1v) is 42.1. The first-order chi connectivity index (χ1) is 57.5. The van der Waals surface area contributed by atoms with Crippen molar-refractivity contribution in [1.82, 2.24) is 81.5 Å². The van der Waals surface area contributed by atoms with Gasteiger partial charge in [0.25, 0.3) is 23.6 Å². The summed E-state index contributed by atoms with van der Waals surface area (Å²) in [5.41, 5.74) is -0.625. The summed E-state index contributed by atoms with van der Waals surface area (Å²) in [7, 11) is -5.98. The molecular formula is C76H104N16O27P2. The molecule has 2 unspecified atom stereocenters. The van der Waals surface area contributed by atoms with Gasteiger partial charge in [0, 0.05) is 90.3 Å². The predicted octanol–water partition coefficient (Wildman–Crippen LogP) is -1.42. The van der Waals surface area contributed by atoms with E-state index < -0.39 is 228 Å². The van der Waals surface area contributed by atoms with Gasteiger partial charge in [0.05, 0.1) is 90.0 Å². The number of imide groups is 1. The number of carbonyl (C=O) groups excluding carboxylic acids is 15. The number of ether oxygens (including phenoxy) is 4. The molecule has 8 rings (SSSR count). The van der Waals surface area contributed by atoms with Crippen LogP contribution < -0.4 is 42.0 Å². The van der Waals surface area contributed by atoms with Crippen molar-refractivity contribution in [2.24, 2.45) is 11.8 Å². The summed E-state index contributed by atoms with van der Waals surface area (Å²) in [4.78, 5) is 246. The SMILES string of the molecule is CC(C)[C@H]1C(=O)NC[C@@H](NC(=O)c2nc3ccccc3cc2OCOP(=O)(O)OP(=O)(O)OCCNC(=O)CCOCCOCCOCCN2C(=O)C=CC2=O)C(=O)N2CCCC[C@H]2C(=O)NCC(=O)N(C)CC(=O)N(C)[C@@H](C(C)C)C(=O)NC[C@@H](NC(=O)c2nc3ccccc3cc2O)C(=O)N2CCCC[C@H]2C(=O)NCC(=O)N(C)CC(=O)N1C. The number of hydrogen-bond acceptors (Lipinski definition) is 27. The number of phosphoric acid groups is 2. The fourth-order valence-corrected chi connectivity index (χ4v) is 15.5. The molecule has 45 heteroatoms. The molecule has 8 atom stereocenters. The van der Waals surface area contributed by atoms with Gasteiger partial charge in [-0.2, -0.15) is 4.31 Å². The second kappa shape index (κ2) is 45.0. The Hall–Kier alpha value is -11.0. The van der Waals surface area contributed by atoms with Gasteiger partial charge in [-0.15, -0.1) is 0 Å². The Labute approximate surface area is 696 Å². The van der Waals surface area contributed by atoms with Gasteiger partial charge in [-0.05, 0) is 74.6 Å². The van der Waals surface area contributed by atoms with E-state index in [2.05, 4.69) is 51.5 Å². The number of benzene rings is 2. The molecular weight excluding hydrogens is 1630 g/mol. The average Bonchev–Trinajstić information content (AvgIpc) is 0.914. The molecule has 121 heavy (non-hydrogen) atoms. The summed E-state index contributed by atoms with van der Waals surface area (Å²) in [6, 6.07) is 6.56. The van der Waals surface area contributed by atoms with Crippen molar-refractivity contribution in [2.75, 3.05) is 147 Å². The average molecular weight is 1740 g/mol. The Morgan fingerprint density at radius 3 is 1.49 bits per heavy atom. The van der Waals surface area contributed by atoms with E-state index in [0.29, 0.717) is 42.0 Å². The summed E-state index contributed by atoms with van der Waals surface area (Å²) < 4.78 is 61.8. The number of piperidine rings is 2. The Kier molecular flexibility index (Phi) is 35.5. The Balaban J connectivity index is 0.952. The number of likely N-dealkylation sites (N-methyl/N-ethyl adjacent to an activating group) is 4. The van der Waals surface area contributed by atoms with E-state index >= 15 is 4.79 Å². The third-order valence-electron chi connectivity index (χ3n) is 19.9. The lowest BCUT2D eigenvalue weighted by molar-refractivity contribution is -0.146. The van der Waals surface area contributed by atoms with Crippen LogP contribution in [-0.4, -0.2) is 331 Å². The minimum atomic E-state index is -5.62. The van der Waals surface area contributed by atoms with Crippen LogP contribution in [0.3, 0.4) is 0 Å². The molecule has 3 fully saturated rings. The molecule has 10 N–H and O–H groups in total. The molecule has 15 amide bonds. The second-order valence-electron chi connectivity index (χ2n) is 29.4. The third-order valence-corrected chi connectivity index (χ3v) is 22.5. The van der Waals surface area contributed by atoms with E-state index in [1.54, 1.807) is 70.2 Å². The highest BCUT2D eigenvalue weighted by molar-refractivity contribution is 7.61. The molecule has 0 spiro atoms. The minimum Gasteiger partial charge on any atom is -0.505 e. The van der Waals surface area contributed by atoms with Gasteiger partial charge in [-0.1, -0.05) is 64.1 Å². The van der Waals surface area contributed by atoms with E-state index in [4.69, 9.17) is 28.0 Å². The van der Waals surface area contributed by atoms with E-state index in [1.807, 2.05) is 0 Å². The largest absolute Gasteiger partial charge is 0.505 e. The first kappa shape index (κ1) is 95.5. The number of aromatic hydroxyl groups is 1.